The molecule has 1 unspecified atom stereocenters. The summed E-state index contributed by atoms with van der Waals surface area (Å²) >= 11 is 0. The average Bonchev–Trinajstić information content (AvgIpc) is 2.78. The lowest BCUT2D eigenvalue weighted by Gasteiger charge is -2.01. The minimum atomic E-state index is -1.04. The lowest BCUT2D eigenvalue weighted by molar-refractivity contribution is -0.0813. The van der Waals surface area contributed by atoms with Crippen LogP contribution in [0, 0.1) is 0 Å². The standard InChI is InChI=1S/C11H11NO3/c1-14-11(13)9-7-10(15-12-9)8-5-3-2-4-6-8/h2-7,11,13H,1H3. The van der Waals surface area contributed by atoms with Crippen molar-refractivity contribution in [2.24, 2.45) is 0 Å². The molecule has 0 aliphatic heterocycles. The van der Waals surface area contributed by atoms with Crippen molar-refractivity contribution in [2.45, 2.75) is 6.29 Å². The number of rotatable bonds is 3. The highest BCUT2D eigenvalue weighted by Gasteiger charge is 2.12. The maximum Gasteiger partial charge on any atom is 0.201 e. The van der Waals surface area contributed by atoms with Gasteiger partial charge in [-0.2, -0.15) is 0 Å². The van der Waals surface area contributed by atoms with E-state index in [0.29, 0.717) is 11.5 Å². The maximum atomic E-state index is 9.34. The minimum Gasteiger partial charge on any atom is -0.363 e. The van der Waals surface area contributed by atoms with Crippen LogP contribution in [0.4, 0.5) is 0 Å². The summed E-state index contributed by atoms with van der Waals surface area (Å²) in [5.74, 6) is 0.613. The summed E-state index contributed by atoms with van der Waals surface area (Å²) in [6, 6.07) is 11.2. The summed E-state index contributed by atoms with van der Waals surface area (Å²) < 4.78 is 9.80. The van der Waals surface area contributed by atoms with Crippen molar-refractivity contribution >= 4 is 0 Å². The van der Waals surface area contributed by atoms with Gasteiger partial charge in [0.25, 0.3) is 0 Å². The predicted octanol–water partition coefficient (Wildman–Crippen LogP) is 1.98. The van der Waals surface area contributed by atoms with E-state index in [-0.39, 0.29) is 0 Å². The van der Waals surface area contributed by atoms with Gasteiger partial charge in [-0.15, -0.1) is 0 Å². The van der Waals surface area contributed by atoms with E-state index in [1.807, 2.05) is 30.3 Å². The molecule has 1 atom stereocenters. The van der Waals surface area contributed by atoms with E-state index in [1.54, 1.807) is 6.07 Å². The lowest BCUT2D eigenvalue weighted by atomic mass is 10.2. The third kappa shape index (κ3) is 2.06. The van der Waals surface area contributed by atoms with Gasteiger partial charge in [0.2, 0.25) is 6.29 Å². The summed E-state index contributed by atoms with van der Waals surface area (Å²) in [5, 5.41) is 13.1. The highest BCUT2D eigenvalue weighted by Crippen LogP contribution is 2.22. The topological polar surface area (TPSA) is 55.5 Å². The normalized spacial score (nSPS) is 12.7. The molecule has 1 aromatic carbocycles. The van der Waals surface area contributed by atoms with E-state index >= 15 is 0 Å². The Morgan fingerprint density at radius 2 is 2.07 bits per heavy atom. The summed E-state index contributed by atoms with van der Waals surface area (Å²) in [6.45, 7) is 0. The van der Waals surface area contributed by atoms with Crippen LogP contribution >= 0.6 is 0 Å². The fraction of sp³-hybridized carbons (Fsp3) is 0.182. The molecule has 15 heavy (non-hydrogen) atoms. The molecule has 0 bridgehead atoms. The molecule has 0 aliphatic carbocycles. The highest BCUT2D eigenvalue weighted by atomic mass is 16.6. The first-order valence-electron chi connectivity index (χ1n) is 4.54. The Hall–Kier alpha value is -1.65. The van der Waals surface area contributed by atoms with E-state index in [0.717, 1.165) is 5.56 Å². The monoisotopic (exact) mass is 205 g/mol. The Morgan fingerprint density at radius 3 is 2.73 bits per heavy atom. The summed E-state index contributed by atoms with van der Waals surface area (Å²) in [5.41, 5.74) is 1.29. The number of aliphatic hydroxyl groups is 1. The average molecular weight is 205 g/mol. The van der Waals surface area contributed by atoms with E-state index in [2.05, 4.69) is 5.16 Å². The Kier molecular flexibility index (Phi) is 2.80. The third-order valence-electron chi connectivity index (χ3n) is 2.06. The number of hydrogen-bond acceptors (Lipinski definition) is 4. The maximum absolute atomic E-state index is 9.34. The van der Waals surface area contributed by atoms with Crippen LogP contribution in [0.3, 0.4) is 0 Å². The van der Waals surface area contributed by atoms with Crippen molar-refractivity contribution in [2.75, 3.05) is 7.11 Å². The fourth-order valence-electron chi connectivity index (χ4n) is 1.26. The SMILES string of the molecule is COC(O)c1cc(-c2ccccc2)on1. The molecule has 1 N–H and O–H groups in total. The van der Waals surface area contributed by atoms with Crippen molar-refractivity contribution in [1.29, 1.82) is 0 Å². The Bertz CT molecular complexity index is 424. The van der Waals surface area contributed by atoms with Gasteiger partial charge in [0.15, 0.2) is 5.76 Å². The van der Waals surface area contributed by atoms with Crippen molar-refractivity contribution in [1.82, 2.24) is 5.16 Å². The summed E-state index contributed by atoms with van der Waals surface area (Å²) in [7, 11) is 1.40. The first-order chi connectivity index (χ1) is 7.31. The first-order valence-corrected chi connectivity index (χ1v) is 4.54. The molecular weight excluding hydrogens is 194 g/mol. The predicted molar refractivity (Wildman–Crippen MR) is 53.9 cm³/mol. The van der Waals surface area contributed by atoms with E-state index in [9.17, 15) is 5.11 Å². The smallest absolute Gasteiger partial charge is 0.201 e. The van der Waals surface area contributed by atoms with Crippen LogP contribution < -0.4 is 0 Å². The molecule has 1 aromatic heterocycles. The quantitative estimate of drug-likeness (QED) is 0.778. The Morgan fingerprint density at radius 1 is 1.33 bits per heavy atom. The minimum absolute atomic E-state index is 0.372. The molecule has 0 spiro atoms. The zero-order valence-electron chi connectivity index (χ0n) is 8.25. The molecule has 1 heterocycles. The van der Waals surface area contributed by atoms with Crippen LogP contribution in [0.25, 0.3) is 11.3 Å². The van der Waals surface area contributed by atoms with Gasteiger partial charge in [-0.25, -0.2) is 0 Å². The molecular formula is C11H11NO3. The summed E-state index contributed by atoms with van der Waals surface area (Å²) in [4.78, 5) is 0. The molecule has 2 rings (SSSR count). The van der Waals surface area contributed by atoms with Crippen LogP contribution in [0.2, 0.25) is 0 Å². The van der Waals surface area contributed by atoms with Crippen molar-refractivity contribution < 1.29 is 14.4 Å². The van der Waals surface area contributed by atoms with E-state index in [1.165, 1.54) is 7.11 Å². The molecule has 0 aliphatic rings. The fourth-order valence-corrected chi connectivity index (χ4v) is 1.26. The molecule has 0 saturated heterocycles. The van der Waals surface area contributed by atoms with E-state index < -0.39 is 6.29 Å². The molecule has 0 radical (unpaired) electrons. The number of benzene rings is 1. The first kappa shape index (κ1) is 9.89. The summed E-state index contributed by atoms with van der Waals surface area (Å²) in [6.07, 6.45) is -1.04. The van der Waals surface area contributed by atoms with Gasteiger partial charge < -0.3 is 14.4 Å². The number of nitrogens with zero attached hydrogens (tertiary/aromatic N) is 1. The van der Waals surface area contributed by atoms with Gasteiger partial charge in [0.1, 0.15) is 5.69 Å². The van der Waals surface area contributed by atoms with Gasteiger partial charge in [-0.1, -0.05) is 35.5 Å². The molecule has 78 valence electrons. The molecule has 0 amide bonds. The van der Waals surface area contributed by atoms with Crippen molar-refractivity contribution in [3.63, 3.8) is 0 Å². The van der Waals surface area contributed by atoms with Crippen molar-refractivity contribution in [3.05, 3.63) is 42.1 Å². The van der Waals surface area contributed by atoms with Crippen LogP contribution in [0.15, 0.2) is 40.9 Å². The highest BCUT2D eigenvalue weighted by molar-refractivity contribution is 5.56. The molecule has 2 aromatic rings. The molecule has 0 fully saturated rings. The van der Waals surface area contributed by atoms with Gasteiger partial charge >= 0.3 is 0 Å². The molecule has 0 saturated carbocycles. The number of aliphatic hydroxyl groups excluding tert-OH is 1. The van der Waals surface area contributed by atoms with Crippen LogP contribution in [0.5, 0.6) is 0 Å². The number of methoxy groups -OCH3 is 1. The second-order valence-corrected chi connectivity index (χ2v) is 3.07. The Balaban J connectivity index is 2.28. The van der Waals surface area contributed by atoms with Crippen molar-refractivity contribution in [3.8, 4) is 11.3 Å². The van der Waals surface area contributed by atoms with Gasteiger partial charge in [0.05, 0.1) is 0 Å². The zero-order valence-corrected chi connectivity index (χ0v) is 8.25. The van der Waals surface area contributed by atoms with Gasteiger partial charge in [-0.05, 0) is 0 Å². The van der Waals surface area contributed by atoms with Gasteiger partial charge in [0, 0.05) is 18.7 Å². The second kappa shape index (κ2) is 4.25. The van der Waals surface area contributed by atoms with E-state index in [4.69, 9.17) is 9.26 Å². The zero-order chi connectivity index (χ0) is 10.7. The largest absolute Gasteiger partial charge is 0.363 e. The number of aromatic nitrogens is 1. The van der Waals surface area contributed by atoms with Crippen LogP contribution in [-0.4, -0.2) is 17.4 Å². The number of hydrogen-bond donors (Lipinski definition) is 1. The molecule has 4 heteroatoms. The second-order valence-electron chi connectivity index (χ2n) is 3.07. The van der Waals surface area contributed by atoms with Crippen LogP contribution in [-0.2, 0) is 4.74 Å². The lowest BCUT2D eigenvalue weighted by Crippen LogP contribution is -1.98. The Labute approximate surface area is 87.1 Å². The van der Waals surface area contributed by atoms with Crippen LogP contribution in [0.1, 0.15) is 12.0 Å². The third-order valence-corrected chi connectivity index (χ3v) is 2.06. The van der Waals surface area contributed by atoms with Gasteiger partial charge in [-0.3, -0.25) is 0 Å². The molecule has 4 nitrogen and oxygen atoms in total. The number of ether oxygens (including phenoxy) is 1.